The van der Waals surface area contributed by atoms with Gasteiger partial charge in [0.05, 0.1) is 5.69 Å². The van der Waals surface area contributed by atoms with Crippen LogP contribution in [0.3, 0.4) is 0 Å². The minimum Gasteiger partial charge on any atom is -0.397 e. The SMILES string of the molecule is CN1CCN(NC(=O)c2sc3cc(Cl)ccc3c2N)CC1. The molecule has 0 saturated carbocycles. The van der Waals surface area contributed by atoms with Gasteiger partial charge in [-0.2, -0.15) is 0 Å². The van der Waals surface area contributed by atoms with E-state index in [-0.39, 0.29) is 5.91 Å². The molecule has 1 aliphatic rings. The van der Waals surface area contributed by atoms with Crippen LogP contribution >= 0.6 is 22.9 Å². The van der Waals surface area contributed by atoms with Gasteiger partial charge in [0.1, 0.15) is 4.88 Å². The number of nitrogens with two attached hydrogens (primary N) is 1. The van der Waals surface area contributed by atoms with Gasteiger partial charge in [-0.05, 0) is 25.2 Å². The molecule has 1 aromatic heterocycles. The molecule has 0 bridgehead atoms. The van der Waals surface area contributed by atoms with E-state index in [1.807, 2.05) is 17.1 Å². The Morgan fingerprint density at radius 2 is 2.05 bits per heavy atom. The Morgan fingerprint density at radius 1 is 1.33 bits per heavy atom. The van der Waals surface area contributed by atoms with Crippen LogP contribution in [0.5, 0.6) is 0 Å². The second-order valence-corrected chi connectivity index (χ2v) is 6.71. The number of carbonyl (C=O) groups is 1. The molecule has 0 radical (unpaired) electrons. The largest absolute Gasteiger partial charge is 0.397 e. The van der Waals surface area contributed by atoms with Gasteiger partial charge < -0.3 is 10.6 Å². The van der Waals surface area contributed by atoms with Crippen molar-refractivity contribution in [3.63, 3.8) is 0 Å². The minimum atomic E-state index is -0.144. The molecule has 1 fully saturated rings. The van der Waals surface area contributed by atoms with Gasteiger partial charge in [0.25, 0.3) is 5.91 Å². The quantitative estimate of drug-likeness (QED) is 0.887. The third-order valence-electron chi connectivity index (χ3n) is 3.66. The number of hydrazine groups is 1. The molecule has 2 heterocycles. The van der Waals surface area contributed by atoms with E-state index >= 15 is 0 Å². The smallest absolute Gasteiger partial charge is 0.277 e. The monoisotopic (exact) mass is 324 g/mol. The first-order valence-corrected chi connectivity index (χ1v) is 7.96. The fraction of sp³-hybridized carbons (Fsp3) is 0.357. The molecule has 1 aliphatic heterocycles. The number of rotatable bonds is 2. The molecule has 3 N–H and O–H groups in total. The van der Waals surface area contributed by atoms with E-state index in [0.717, 1.165) is 36.3 Å². The Morgan fingerprint density at radius 3 is 2.76 bits per heavy atom. The molecule has 2 aromatic rings. The maximum atomic E-state index is 12.4. The van der Waals surface area contributed by atoms with Gasteiger partial charge in [-0.3, -0.25) is 10.2 Å². The van der Waals surface area contributed by atoms with Crippen molar-refractivity contribution in [1.29, 1.82) is 0 Å². The molecular formula is C14H17ClN4OS. The number of anilines is 1. The average Bonchev–Trinajstić information content (AvgIpc) is 2.78. The number of piperazine rings is 1. The van der Waals surface area contributed by atoms with Gasteiger partial charge >= 0.3 is 0 Å². The number of nitrogens with one attached hydrogen (secondary N) is 1. The van der Waals surface area contributed by atoms with Gasteiger partial charge in [-0.15, -0.1) is 11.3 Å². The van der Waals surface area contributed by atoms with Crippen LogP contribution in [0.1, 0.15) is 9.67 Å². The predicted molar refractivity (Wildman–Crippen MR) is 87.8 cm³/mol. The number of amides is 1. The Labute approximate surface area is 132 Å². The Kier molecular flexibility index (Phi) is 4.03. The maximum absolute atomic E-state index is 12.4. The summed E-state index contributed by atoms with van der Waals surface area (Å²) in [4.78, 5) is 15.2. The highest BCUT2D eigenvalue weighted by Crippen LogP contribution is 2.35. The van der Waals surface area contributed by atoms with Crippen molar-refractivity contribution in [2.75, 3.05) is 39.0 Å². The molecular weight excluding hydrogens is 308 g/mol. The van der Waals surface area contributed by atoms with Crippen LogP contribution in [0.15, 0.2) is 18.2 Å². The fourth-order valence-corrected chi connectivity index (χ4v) is 3.66. The number of nitrogens with zero attached hydrogens (tertiary/aromatic N) is 2. The van der Waals surface area contributed by atoms with Crippen molar-refractivity contribution in [2.24, 2.45) is 0 Å². The second kappa shape index (κ2) is 5.81. The lowest BCUT2D eigenvalue weighted by Gasteiger charge is -2.32. The topological polar surface area (TPSA) is 61.6 Å². The summed E-state index contributed by atoms with van der Waals surface area (Å²) in [5.74, 6) is -0.144. The zero-order valence-electron chi connectivity index (χ0n) is 11.7. The molecule has 0 aliphatic carbocycles. The average molecular weight is 325 g/mol. The van der Waals surface area contributed by atoms with E-state index in [1.54, 1.807) is 6.07 Å². The zero-order chi connectivity index (χ0) is 15.0. The van der Waals surface area contributed by atoms with E-state index in [2.05, 4.69) is 17.4 Å². The van der Waals surface area contributed by atoms with E-state index < -0.39 is 0 Å². The Bertz CT molecular complexity index is 679. The molecule has 5 nitrogen and oxygen atoms in total. The molecule has 0 unspecified atom stereocenters. The summed E-state index contributed by atoms with van der Waals surface area (Å²) in [6, 6.07) is 5.48. The van der Waals surface area contributed by atoms with Crippen LogP contribution in [-0.4, -0.2) is 49.0 Å². The number of nitrogen functional groups attached to an aromatic ring is 1. The van der Waals surface area contributed by atoms with Crippen molar-refractivity contribution < 1.29 is 4.79 Å². The summed E-state index contributed by atoms with van der Waals surface area (Å²) in [6.45, 7) is 3.52. The normalized spacial score (nSPS) is 17.2. The van der Waals surface area contributed by atoms with Crippen LogP contribution in [0.4, 0.5) is 5.69 Å². The van der Waals surface area contributed by atoms with E-state index in [0.29, 0.717) is 15.6 Å². The number of carbonyl (C=O) groups excluding carboxylic acids is 1. The number of hydrogen-bond donors (Lipinski definition) is 2. The second-order valence-electron chi connectivity index (χ2n) is 5.22. The summed E-state index contributed by atoms with van der Waals surface area (Å²) in [5, 5.41) is 3.47. The lowest BCUT2D eigenvalue weighted by atomic mass is 10.2. The van der Waals surface area contributed by atoms with Gasteiger partial charge in [0, 0.05) is 41.3 Å². The summed E-state index contributed by atoms with van der Waals surface area (Å²) in [6.07, 6.45) is 0. The first-order chi connectivity index (χ1) is 10.0. The van der Waals surface area contributed by atoms with Gasteiger partial charge in [0.15, 0.2) is 0 Å². The van der Waals surface area contributed by atoms with Crippen LogP contribution in [0.25, 0.3) is 10.1 Å². The summed E-state index contributed by atoms with van der Waals surface area (Å²) < 4.78 is 0.934. The highest BCUT2D eigenvalue weighted by atomic mass is 35.5. The molecule has 112 valence electrons. The maximum Gasteiger partial charge on any atom is 0.277 e. The van der Waals surface area contributed by atoms with Crippen LogP contribution in [-0.2, 0) is 0 Å². The zero-order valence-corrected chi connectivity index (χ0v) is 13.3. The molecule has 1 amide bonds. The van der Waals surface area contributed by atoms with E-state index in [1.165, 1.54) is 11.3 Å². The minimum absolute atomic E-state index is 0.144. The van der Waals surface area contributed by atoms with Crippen LogP contribution < -0.4 is 11.2 Å². The molecule has 1 saturated heterocycles. The van der Waals surface area contributed by atoms with Gasteiger partial charge in [0.2, 0.25) is 0 Å². The first kappa shape index (κ1) is 14.6. The van der Waals surface area contributed by atoms with Crippen LogP contribution in [0.2, 0.25) is 5.02 Å². The number of likely N-dealkylation sites (N-methyl/N-ethyl adjacent to an activating group) is 1. The summed E-state index contributed by atoms with van der Waals surface area (Å²) in [7, 11) is 2.08. The standard InChI is InChI=1S/C14H17ClN4OS/c1-18-4-6-19(7-5-18)17-14(20)13-12(16)10-3-2-9(15)8-11(10)21-13/h2-3,8H,4-7,16H2,1H3,(H,17,20). The highest BCUT2D eigenvalue weighted by Gasteiger charge is 2.20. The summed E-state index contributed by atoms with van der Waals surface area (Å²) in [5.41, 5.74) is 9.56. The lowest BCUT2D eigenvalue weighted by molar-refractivity contribution is 0.0667. The molecule has 21 heavy (non-hydrogen) atoms. The van der Waals surface area contributed by atoms with Crippen molar-refractivity contribution in [1.82, 2.24) is 15.3 Å². The van der Waals surface area contributed by atoms with Crippen molar-refractivity contribution in [2.45, 2.75) is 0 Å². The van der Waals surface area contributed by atoms with Gasteiger partial charge in [-0.1, -0.05) is 11.6 Å². The van der Waals surface area contributed by atoms with Crippen molar-refractivity contribution >= 4 is 44.6 Å². The number of benzene rings is 1. The Balaban J connectivity index is 1.80. The molecule has 3 rings (SSSR count). The first-order valence-electron chi connectivity index (χ1n) is 6.76. The fourth-order valence-electron chi connectivity index (χ4n) is 2.37. The third kappa shape index (κ3) is 2.98. The number of thiophene rings is 1. The van der Waals surface area contributed by atoms with E-state index in [9.17, 15) is 4.79 Å². The highest BCUT2D eigenvalue weighted by molar-refractivity contribution is 7.21. The van der Waals surface area contributed by atoms with E-state index in [4.69, 9.17) is 17.3 Å². The van der Waals surface area contributed by atoms with Crippen molar-refractivity contribution in [3.8, 4) is 0 Å². The lowest BCUT2D eigenvalue weighted by Crippen LogP contribution is -2.52. The molecule has 0 spiro atoms. The third-order valence-corrected chi connectivity index (χ3v) is 5.06. The number of halogens is 1. The number of fused-ring (bicyclic) bond motifs is 1. The summed E-state index contributed by atoms with van der Waals surface area (Å²) >= 11 is 7.36. The molecule has 1 aromatic carbocycles. The molecule has 0 atom stereocenters. The predicted octanol–water partition coefficient (Wildman–Crippen LogP) is 2.03. The van der Waals surface area contributed by atoms with Crippen molar-refractivity contribution in [3.05, 3.63) is 28.1 Å². The number of hydrogen-bond acceptors (Lipinski definition) is 5. The molecule has 7 heteroatoms. The van der Waals surface area contributed by atoms with Gasteiger partial charge in [-0.25, -0.2) is 5.01 Å². The Hall–Kier alpha value is -1.34. The van der Waals surface area contributed by atoms with Crippen LogP contribution in [0, 0.1) is 0 Å².